The first-order valence-electron chi connectivity index (χ1n) is 9.65. The van der Waals surface area contributed by atoms with Crippen molar-refractivity contribution in [2.75, 3.05) is 0 Å². The lowest BCUT2D eigenvalue weighted by Gasteiger charge is -2.05. The molecule has 0 aliphatic carbocycles. The van der Waals surface area contributed by atoms with Crippen molar-refractivity contribution in [1.29, 1.82) is 0 Å². The topological polar surface area (TPSA) is 62.4 Å². The van der Waals surface area contributed by atoms with Gasteiger partial charge in [-0.25, -0.2) is 0 Å². The van der Waals surface area contributed by atoms with E-state index in [2.05, 4.69) is 6.92 Å². The van der Waals surface area contributed by atoms with Crippen LogP contribution >= 0.6 is 0 Å². The Balaban J connectivity index is 1.38. The van der Waals surface area contributed by atoms with E-state index in [9.17, 15) is 4.79 Å². The fourth-order valence-corrected chi connectivity index (χ4v) is 3.38. The summed E-state index contributed by atoms with van der Waals surface area (Å²) in [6.07, 6.45) is 14.6. The standard InChI is InChI=1S/C19H34O4/c1-3-4-7-11-15-17(22-15)13-18-16(23-18)12-9-6-5-8-10-14(2)19(20)21/h14-18H,3-13H2,1-2H3,(H,20,21). The first-order valence-corrected chi connectivity index (χ1v) is 9.65. The molecule has 5 unspecified atom stereocenters. The molecule has 1 N–H and O–H groups in total. The van der Waals surface area contributed by atoms with Gasteiger partial charge in [-0.2, -0.15) is 0 Å². The Morgan fingerprint density at radius 1 is 0.913 bits per heavy atom. The van der Waals surface area contributed by atoms with Gasteiger partial charge in [-0.3, -0.25) is 4.79 Å². The maximum Gasteiger partial charge on any atom is 0.306 e. The zero-order valence-electron chi connectivity index (χ0n) is 14.8. The van der Waals surface area contributed by atoms with Crippen LogP contribution < -0.4 is 0 Å². The van der Waals surface area contributed by atoms with Crippen LogP contribution in [-0.4, -0.2) is 35.5 Å². The molecule has 4 nitrogen and oxygen atoms in total. The van der Waals surface area contributed by atoms with E-state index in [1.165, 1.54) is 38.5 Å². The van der Waals surface area contributed by atoms with Crippen LogP contribution in [0.15, 0.2) is 0 Å². The van der Waals surface area contributed by atoms with Crippen LogP contribution in [0.2, 0.25) is 0 Å². The number of aliphatic carboxylic acids is 1. The quantitative estimate of drug-likeness (QED) is 0.376. The number of epoxide rings is 2. The van der Waals surface area contributed by atoms with Crippen molar-refractivity contribution in [1.82, 2.24) is 0 Å². The molecule has 5 atom stereocenters. The average molecular weight is 326 g/mol. The molecule has 0 bridgehead atoms. The summed E-state index contributed by atoms with van der Waals surface area (Å²) in [6, 6.07) is 0. The van der Waals surface area contributed by atoms with E-state index in [0.717, 1.165) is 32.1 Å². The molecule has 2 saturated heterocycles. The SMILES string of the molecule is CCCCCC1OC1CC1OC1CCCCCCC(C)C(=O)O. The molecule has 0 aromatic carbocycles. The van der Waals surface area contributed by atoms with Crippen molar-refractivity contribution in [2.24, 2.45) is 5.92 Å². The van der Waals surface area contributed by atoms with Gasteiger partial charge in [-0.15, -0.1) is 0 Å². The molecule has 2 heterocycles. The van der Waals surface area contributed by atoms with Gasteiger partial charge in [0.15, 0.2) is 0 Å². The van der Waals surface area contributed by atoms with Crippen LogP contribution in [0, 0.1) is 5.92 Å². The number of unbranched alkanes of at least 4 members (excludes halogenated alkanes) is 5. The Bertz CT molecular complexity index is 357. The van der Waals surface area contributed by atoms with Crippen molar-refractivity contribution in [3.63, 3.8) is 0 Å². The highest BCUT2D eigenvalue weighted by atomic mass is 16.6. The summed E-state index contributed by atoms with van der Waals surface area (Å²) in [5, 5.41) is 8.82. The minimum absolute atomic E-state index is 0.199. The normalized spacial score (nSPS) is 30.2. The van der Waals surface area contributed by atoms with E-state index in [1.54, 1.807) is 6.92 Å². The summed E-state index contributed by atoms with van der Waals surface area (Å²) >= 11 is 0. The Labute approximate surface area is 140 Å². The number of hydrogen-bond donors (Lipinski definition) is 1. The Morgan fingerprint density at radius 2 is 1.48 bits per heavy atom. The molecule has 134 valence electrons. The summed E-state index contributed by atoms with van der Waals surface area (Å²) in [5.41, 5.74) is 0. The molecule has 0 amide bonds. The predicted octanol–water partition coefficient (Wildman–Crippen LogP) is 4.55. The van der Waals surface area contributed by atoms with E-state index < -0.39 is 5.97 Å². The molecular weight excluding hydrogens is 292 g/mol. The summed E-state index contributed by atoms with van der Waals surface area (Å²) in [6.45, 7) is 4.03. The van der Waals surface area contributed by atoms with Crippen LogP contribution in [0.4, 0.5) is 0 Å². The van der Waals surface area contributed by atoms with Gasteiger partial charge in [0.05, 0.1) is 30.3 Å². The van der Waals surface area contributed by atoms with Crippen molar-refractivity contribution < 1.29 is 19.4 Å². The highest BCUT2D eigenvalue weighted by molar-refractivity contribution is 5.69. The highest BCUT2D eigenvalue weighted by Gasteiger charge is 2.47. The third-order valence-electron chi connectivity index (χ3n) is 5.23. The van der Waals surface area contributed by atoms with Crippen LogP contribution in [0.25, 0.3) is 0 Å². The lowest BCUT2D eigenvalue weighted by atomic mass is 10.0. The second kappa shape index (κ2) is 9.63. The zero-order valence-corrected chi connectivity index (χ0v) is 14.8. The highest BCUT2D eigenvalue weighted by Crippen LogP contribution is 2.39. The fraction of sp³-hybridized carbons (Fsp3) is 0.947. The van der Waals surface area contributed by atoms with E-state index in [0.29, 0.717) is 24.4 Å². The summed E-state index contributed by atoms with van der Waals surface area (Å²) in [7, 11) is 0. The largest absolute Gasteiger partial charge is 0.481 e. The molecule has 0 aromatic rings. The van der Waals surface area contributed by atoms with Crippen LogP contribution in [-0.2, 0) is 14.3 Å². The van der Waals surface area contributed by atoms with Crippen LogP contribution in [0.3, 0.4) is 0 Å². The summed E-state index contributed by atoms with van der Waals surface area (Å²) in [5.74, 6) is -0.871. The van der Waals surface area contributed by atoms with E-state index >= 15 is 0 Å². The Hall–Kier alpha value is -0.610. The molecule has 0 spiro atoms. The summed E-state index contributed by atoms with van der Waals surface area (Å²) < 4.78 is 11.5. The van der Waals surface area contributed by atoms with Crippen molar-refractivity contribution in [2.45, 2.75) is 109 Å². The van der Waals surface area contributed by atoms with Crippen LogP contribution in [0.5, 0.6) is 0 Å². The molecule has 2 rings (SSSR count). The fourth-order valence-electron chi connectivity index (χ4n) is 3.38. The number of carbonyl (C=O) groups is 1. The number of carboxylic acid groups (broad SMARTS) is 1. The van der Waals surface area contributed by atoms with E-state index in [1.807, 2.05) is 0 Å². The van der Waals surface area contributed by atoms with Crippen LogP contribution in [0.1, 0.15) is 84.5 Å². The second-order valence-corrected chi connectivity index (χ2v) is 7.39. The summed E-state index contributed by atoms with van der Waals surface area (Å²) in [4.78, 5) is 10.7. The molecule has 0 saturated carbocycles. The van der Waals surface area contributed by atoms with Crippen molar-refractivity contribution >= 4 is 5.97 Å². The van der Waals surface area contributed by atoms with Gasteiger partial charge in [0.25, 0.3) is 0 Å². The molecule has 23 heavy (non-hydrogen) atoms. The van der Waals surface area contributed by atoms with Crippen molar-refractivity contribution in [3.8, 4) is 0 Å². The average Bonchev–Trinajstić information content (AvgIpc) is 3.42. The lowest BCUT2D eigenvalue weighted by Crippen LogP contribution is -2.08. The third kappa shape index (κ3) is 7.21. The van der Waals surface area contributed by atoms with Gasteiger partial charge in [0.1, 0.15) is 0 Å². The van der Waals surface area contributed by atoms with E-state index in [4.69, 9.17) is 14.6 Å². The van der Waals surface area contributed by atoms with Gasteiger partial charge in [-0.1, -0.05) is 58.8 Å². The van der Waals surface area contributed by atoms with Gasteiger partial charge in [0.2, 0.25) is 0 Å². The smallest absolute Gasteiger partial charge is 0.306 e. The molecule has 2 fully saturated rings. The third-order valence-corrected chi connectivity index (χ3v) is 5.23. The maximum absolute atomic E-state index is 10.7. The molecule has 4 heteroatoms. The lowest BCUT2D eigenvalue weighted by molar-refractivity contribution is -0.141. The molecule has 0 radical (unpaired) electrons. The van der Waals surface area contributed by atoms with Gasteiger partial charge < -0.3 is 14.6 Å². The van der Waals surface area contributed by atoms with Gasteiger partial charge in [0, 0.05) is 6.42 Å². The Kier molecular flexibility index (Phi) is 7.84. The molecule has 0 aromatic heterocycles. The van der Waals surface area contributed by atoms with Crippen molar-refractivity contribution in [3.05, 3.63) is 0 Å². The first-order chi connectivity index (χ1) is 11.1. The maximum atomic E-state index is 10.7. The van der Waals surface area contributed by atoms with E-state index in [-0.39, 0.29) is 5.92 Å². The zero-order chi connectivity index (χ0) is 16.7. The second-order valence-electron chi connectivity index (χ2n) is 7.39. The molecular formula is C19H34O4. The Morgan fingerprint density at radius 3 is 2.04 bits per heavy atom. The number of carboxylic acids is 1. The number of hydrogen-bond acceptors (Lipinski definition) is 3. The number of ether oxygens (including phenoxy) is 2. The van der Waals surface area contributed by atoms with Gasteiger partial charge >= 0.3 is 5.97 Å². The predicted molar refractivity (Wildman–Crippen MR) is 90.6 cm³/mol. The minimum atomic E-state index is -0.672. The number of rotatable bonds is 14. The minimum Gasteiger partial charge on any atom is -0.481 e. The first kappa shape index (κ1) is 18.7. The van der Waals surface area contributed by atoms with Gasteiger partial charge in [-0.05, 0) is 19.3 Å². The molecule has 2 aliphatic rings. The molecule has 2 aliphatic heterocycles. The monoisotopic (exact) mass is 326 g/mol.